The minimum atomic E-state index is -0.168. The summed E-state index contributed by atoms with van der Waals surface area (Å²) in [5.74, 6) is 0.0388. The van der Waals surface area contributed by atoms with E-state index in [0.29, 0.717) is 23.7 Å². The molecular formula is C23H30N6O2S. The Balaban J connectivity index is 1.26. The zero-order valence-corrected chi connectivity index (χ0v) is 19.5. The summed E-state index contributed by atoms with van der Waals surface area (Å²) in [6, 6.07) is 11.9. The number of nitrogens with zero attached hydrogens (tertiary/aromatic N) is 5. The number of aromatic nitrogens is 3. The lowest BCUT2D eigenvalue weighted by atomic mass is 9.97. The molecule has 1 aliphatic rings. The number of benzene rings is 1. The van der Waals surface area contributed by atoms with Gasteiger partial charge in [0.15, 0.2) is 0 Å². The van der Waals surface area contributed by atoms with E-state index in [9.17, 15) is 9.59 Å². The lowest BCUT2D eigenvalue weighted by Gasteiger charge is -2.31. The largest absolute Gasteiger partial charge is 0.356 e. The van der Waals surface area contributed by atoms with Crippen LogP contribution in [-0.4, -0.2) is 58.6 Å². The molecule has 0 aliphatic carbocycles. The van der Waals surface area contributed by atoms with Crippen LogP contribution in [0.3, 0.4) is 0 Å². The van der Waals surface area contributed by atoms with Crippen molar-refractivity contribution in [2.24, 2.45) is 5.92 Å². The Labute approximate surface area is 191 Å². The number of carbonyl (C=O) groups excluding carboxylic acids is 1. The normalized spacial score (nSPS) is 16.6. The van der Waals surface area contributed by atoms with Gasteiger partial charge in [-0.15, -0.1) is 5.10 Å². The van der Waals surface area contributed by atoms with Crippen LogP contribution in [0, 0.1) is 12.8 Å². The third kappa shape index (κ3) is 5.52. The average molecular weight is 455 g/mol. The van der Waals surface area contributed by atoms with Crippen LogP contribution in [0.5, 0.6) is 0 Å². The summed E-state index contributed by atoms with van der Waals surface area (Å²) in [6.07, 6.45) is 2.71. The van der Waals surface area contributed by atoms with Gasteiger partial charge >= 0.3 is 0 Å². The number of carbonyl (C=O) groups is 1. The van der Waals surface area contributed by atoms with Crippen molar-refractivity contribution < 1.29 is 4.79 Å². The second-order valence-electron chi connectivity index (χ2n) is 8.47. The molecule has 1 saturated heterocycles. The third-order valence-electron chi connectivity index (χ3n) is 5.74. The van der Waals surface area contributed by atoms with Crippen molar-refractivity contribution >= 4 is 27.3 Å². The first-order valence-corrected chi connectivity index (χ1v) is 11.9. The number of rotatable bonds is 8. The van der Waals surface area contributed by atoms with Crippen LogP contribution in [0.25, 0.3) is 4.96 Å². The molecule has 1 aromatic carbocycles. The Morgan fingerprint density at radius 2 is 2.12 bits per heavy atom. The Morgan fingerprint density at radius 3 is 2.94 bits per heavy atom. The van der Waals surface area contributed by atoms with Gasteiger partial charge in [0.25, 0.3) is 5.56 Å². The van der Waals surface area contributed by atoms with Crippen LogP contribution in [0.15, 0.2) is 41.2 Å². The van der Waals surface area contributed by atoms with Crippen molar-refractivity contribution in [3.8, 4) is 0 Å². The number of hydrogen-bond donors (Lipinski definition) is 1. The van der Waals surface area contributed by atoms with Gasteiger partial charge < -0.3 is 15.1 Å². The number of anilines is 1. The molecule has 3 heterocycles. The standard InChI is InChI=1S/C23H30N6O2S/c1-17-14-20(30)29-22(25-17)32-23(26-29)28-13-6-10-19(16-28)21(31)24-11-7-12-27(2)15-18-8-4-3-5-9-18/h3-5,8-9,14,19H,6-7,10-13,15-16H2,1-2H3,(H,24,31). The molecule has 0 bridgehead atoms. The van der Waals surface area contributed by atoms with Crippen LogP contribution in [-0.2, 0) is 11.3 Å². The maximum atomic E-state index is 12.7. The van der Waals surface area contributed by atoms with Crippen molar-refractivity contribution in [3.05, 3.63) is 58.0 Å². The van der Waals surface area contributed by atoms with Gasteiger partial charge in [-0.25, -0.2) is 4.98 Å². The molecule has 170 valence electrons. The van der Waals surface area contributed by atoms with Gasteiger partial charge in [0.1, 0.15) is 0 Å². The summed E-state index contributed by atoms with van der Waals surface area (Å²) >= 11 is 1.40. The van der Waals surface area contributed by atoms with Gasteiger partial charge in [0.2, 0.25) is 16.0 Å². The van der Waals surface area contributed by atoms with Gasteiger partial charge in [-0.1, -0.05) is 41.7 Å². The van der Waals surface area contributed by atoms with E-state index in [4.69, 9.17) is 0 Å². The molecule has 1 unspecified atom stereocenters. The maximum Gasteiger partial charge on any atom is 0.275 e. The van der Waals surface area contributed by atoms with Crippen molar-refractivity contribution in [2.45, 2.75) is 32.7 Å². The van der Waals surface area contributed by atoms with Crippen LogP contribution in [0.1, 0.15) is 30.5 Å². The fourth-order valence-corrected chi connectivity index (χ4v) is 5.07. The predicted octanol–water partition coefficient (Wildman–Crippen LogP) is 2.31. The summed E-state index contributed by atoms with van der Waals surface area (Å²) in [5, 5.41) is 8.31. The quantitative estimate of drug-likeness (QED) is 0.526. The number of nitrogens with one attached hydrogen (secondary N) is 1. The first kappa shape index (κ1) is 22.4. The zero-order valence-electron chi connectivity index (χ0n) is 18.7. The first-order chi connectivity index (χ1) is 15.5. The number of piperidine rings is 1. The fourth-order valence-electron chi connectivity index (χ4n) is 4.08. The van der Waals surface area contributed by atoms with Crippen LogP contribution in [0.4, 0.5) is 5.13 Å². The highest BCUT2D eigenvalue weighted by atomic mass is 32.1. The number of fused-ring (bicyclic) bond motifs is 1. The molecule has 1 fully saturated rings. The molecule has 1 atom stereocenters. The van der Waals surface area contributed by atoms with Crippen LogP contribution < -0.4 is 15.8 Å². The van der Waals surface area contributed by atoms with Crippen molar-refractivity contribution in [1.82, 2.24) is 24.8 Å². The Morgan fingerprint density at radius 1 is 1.31 bits per heavy atom. The first-order valence-electron chi connectivity index (χ1n) is 11.1. The molecule has 1 amide bonds. The molecule has 3 aromatic rings. The molecule has 0 radical (unpaired) electrons. The monoisotopic (exact) mass is 454 g/mol. The zero-order chi connectivity index (χ0) is 22.5. The van der Waals surface area contributed by atoms with Gasteiger partial charge in [-0.05, 0) is 45.3 Å². The summed E-state index contributed by atoms with van der Waals surface area (Å²) in [6.45, 7) is 5.77. The summed E-state index contributed by atoms with van der Waals surface area (Å²) in [5.41, 5.74) is 1.82. The summed E-state index contributed by atoms with van der Waals surface area (Å²) in [4.78, 5) is 34.3. The van der Waals surface area contributed by atoms with E-state index in [2.05, 4.69) is 56.5 Å². The maximum absolute atomic E-state index is 12.7. The smallest absolute Gasteiger partial charge is 0.275 e. The lowest BCUT2D eigenvalue weighted by Crippen LogP contribution is -2.43. The van der Waals surface area contributed by atoms with Crippen molar-refractivity contribution in [1.29, 1.82) is 0 Å². The highest BCUT2D eigenvalue weighted by molar-refractivity contribution is 7.20. The van der Waals surface area contributed by atoms with E-state index in [1.165, 1.54) is 27.5 Å². The molecule has 9 heteroatoms. The van der Waals surface area contributed by atoms with Crippen LogP contribution >= 0.6 is 11.3 Å². The topological polar surface area (TPSA) is 82.8 Å². The highest BCUT2D eigenvalue weighted by Crippen LogP contribution is 2.27. The minimum absolute atomic E-state index is 0.0655. The van der Waals surface area contributed by atoms with E-state index < -0.39 is 0 Å². The van der Waals surface area contributed by atoms with E-state index in [1.807, 2.05) is 13.0 Å². The molecule has 1 aliphatic heterocycles. The second-order valence-corrected chi connectivity index (χ2v) is 9.40. The van der Waals surface area contributed by atoms with E-state index in [-0.39, 0.29) is 17.4 Å². The molecule has 0 saturated carbocycles. The number of aryl methyl sites for hydroxylation is 1. The second kappa shape index (κ2) is 10.2. The fraction of sp³-hybridized carbons (Fsp3) is 0.478. The molecule has 8 nitrogen and oxygen atoms in total. The van der Waals surface area contributed by atoms with Crippen molar-refractivity contribution in [2.75, 3.05) is 38.1 Å². The third-order valence-corrected chi connectivity index (χ3v) is 6.71. The highest BCUT2D eigenvalue weighted by Gasteiger charge is 2.27. The Kier molecular flexibility index (Phi) is 7.16. The van der Waals surface area contributed by atoms with E-state index in [0.717, 1.165) is 44.0 Å². The van der Waals surface area contributed by atoms with Crippen LogP contribution in [0.2, 0.25) is 0 Å². The Bertz CT molecular complexity index is 1110. The number of amides is 1. The molecule has 32 heavy (non-hydrogen) atoms. The molecule has 1 N–H and O–H groups in total. The predicted molar refractivity (Wildman–Crippen MR) is 127 cm³/mol. The van der Waals surface area contributed by atoms with Gasteiger partial charge in [-0.3, -0.25) is 9.59 Å². The minimum Gasteiger partial charge on any atom is -0.356 e. The molecule has 4 rings (SSSR count). The lowest BCUT2D eigenvalue weighted by molar-refractivity contribution is -0.125. The van der Waals surface area contributed by atoms with E-state index in [1.54, 1.807) is 0 Å². The molecular weight excluding hydrogens is 424 g/mol. The SMILES string of the molecule is Cc1cc(=O)n2nc(N3CCCC(C(=O)NCCCN(C)Cc4ccccc4)C3)sc2n1. The van der Waals surface area contributed by atoms with Gasteiger partial charge in [0.05, 0.1) is 5.92 Å². The van der Waals surface area contributed by atoms with E-state index >= 15 is 0 Å². The summed E-state index contributed by atoms with van der Waals surface area (Å²) < 4.78 is 1.35. The average Bonchev–Trinajstić information content (AvgIpc) is 3.22. The van der Waals surface area contributed by atoms with Gasteiger partial charge in [-0.2, -0.15) is 4.52 Å². The molecule has 2 aromatic heterocycles. The Hall–Kier alpha value is -2.78. The molecule has 0 spiro atoms. The summed E-state index contributed by atoms with van der Waals surface area (Å²) in [7, 11) is 2.10. The van der Waals surface area contributed by atoms with Crippen molar-refractivity contribution in [3.63, 3.8) is 0 Å². The number of hydrogen-bond acceptors (Lipinski definition) is 7. The van der Waals surface area contributed by atoms with Gasteiger partial charge in [0, 0.05) is 37.9 Å².